The average Bonchev–Trinajstić information content (AvgIpc) is 2.46. The van der Waals surface area contributed by atoms with Gasteiger partial charge >= 0.3 is 0 Å². The molecule has 0 spiro atoms. The molecule has 1 amide bonds. The first-order chi connectivity index (χ1) is 9.15. The maximum atomic E-state index is 12.5. The number of nitrogens with zero attached hydrogens (tertiary/aromatic N) is 1. The Bertz CT molecular complexity index is 462. The van der Waals surface area contributed by atoms with Gasteiger partial charge in [-0.1, -0.05) is 6.92 Å². The molecule has 1 unspecified atom stereocenters. The van der Waals surface area contributed by atoms with Crippen LogP contribution >= 0.6 is 0 Å². The summed E-state index contributed by atoms with van der Waals surface area (Å²) in [7, 11) is 1.55. The van der Waals surface area contributed by atoms with Gasteiger partial charge in [-0.2, -0.15) is 0 Å². The first kappa shape index (κ1) is 13.7. The summed E-state index contributed by atoms with van der Waals surface area (Å²) in [6.07, 6.45) is 1.02. The second-order valence-corrected chi connectivity index (χ2v) is 4.61. The average molecular weight is 264 g/mol. The van der Waals surface area contributed by atoms with E-state index in [-0.39, 0.29) is 12.0 Å². The second-order valence-electron chi connectivity index (χ2n) is 4.61. The van der Waals surface area contributed by atoms with Crippen LogP contribution in [0.25, 0.3) is 0 Å². The molecule has 0 saturated carbocycles. The highest BCUT2D eigenvalue weighted by Gasteiger charge is 2.25. The van der Waals surface area contributed by atoms with Gasteiger partial charge in [0.2, 0.25) is 0 Å². The van der Waals surface area contributed by atoms with E-state index in [1.165, 1.54) is 0 Å². The zero-order chi connectivity index (χ0) is 13.8. The number of ether oxygens (including phenoxy) is 2. The Labute approximate surface area is 113 Å². The van der Waals surface area contributed by atoms with Gasteiger partial charge in [0.1, 0.15) is 5.75 Å². The number of rotatable bonds is 3. The van der Waals surface area contributed by atoms with Crippen LogP contribution < -0.4 is 10.5 Å². The Morgan fingerprint density at radius 1 is 1.58 bits per heavy atom. The van der Waals surface area contributed by atoms with Gasteiger partial charge in [-0.05, 0) is 24.6 Å². The molecule has 5 heteroatoms. The summed E-state index contributed by atoms with van der Waals surface area (Å²) in [5.74, 6) is 0.504. The molecule has 0 bridgehead atoms. The van der Waals surface area contributed by atoms with Crippen LogP contribution in [-0.2, 0) is 4.74 Å². The molecule has 1 saturated heterocycles. The maximum Gasteiger partial charge on any atom is 0.257 e. The number of hydrogen-bond donors (Lipinski definition) is 1. The quantitative estimate of drug-likeness (QED) is 0.841. The fourth-order valence-corrected chi connectivity index (χ4v) is 2.21. The van der Waals surface area contributed by atoms with Gasteiger partial charge in [0.15, 0.2) is 0 Å². The normalized spacial score (nSPS) is 19.3. The van der Waals surface area contributed by atoms with Gasteiger partial charge in [0.25, 0.3) is 5.91 Å². The third kappa shape index (κ3) is 2.98. The first-order valence-electron chi connectivity index (χ1n) is 6.50. The first-order valence-corrected chi connectivity index (χ1v) is 6.50. The molecule has 104 valence electrons. The smallest absolute Gasteiger partial charge is 0.257 e. The van der Waals surface area contributed by atoms with Crippen molar-refractivity contribution in [1.82, 2.24) is 4.90 Å². The third-order valence-corrected chi connectivity index (χ3v) is 3.34. The van der Waals surface area contributed by atoms with Crippen molar-refractivity contribution in [2.75, 3.05) is 32.5 Å². The Kier molecular flexibility index (Phi) is 4.27. The van der Waals surface area contributed by atoms with Crippen LogP contribution in [0.5, 0.6) is 5.75 Å². The Morgan fingerprint density at radius 2 is 2.37 bits per heavy atom. The van der Waals surface area contributed by atoms with E-state index in [1.807, 2.05) is 0 Å². The number of morpholine rings is 1. The standard InChI is InChI=1S/C14H20N2O3/c1-3-11-9-16(6-7-19-11)14(17)12-8-10(15)4-5-13(12)18-2/h4-5,8,11H,3,6-7,9,15H2,1-2H3. The highest BCUT2D eigenvalue weighted by molar-refractivity contribution is 5.97. The van der Waals surface area contributed by atoms with Crippen molar-refractivity contribution in [2.45, 2.75) is 19.4 Å². The van der Waals surface area contributed by atoms with Crippen LogP contribution in [0, 0.1) is 0 Å². The lowest BCUT2D eigenvalue weighted by Gasteiger charge is -2.32. The predicted molar refractivity (Wildman–Crippen MR) is 73.3 cm³/mol. The Hall–Kier alpha value is -1.75. The number of amides is 1. The fraction of sp³-hybridized carbons (Fsp3) is 0.500. The summed E-state index contributed by atoms with van der Waals surface area (Å²) in [6, 6.07) is 5.11. The topological polar surface area (TPSA) is 64.8 Å². The molecule has 19 heavy (non-hydrogen) atoms. The number of nitrogen functional groups attached to an aromatic ring is 1. The molecule has 1 atom stereocenters. The zero-order valence-electron chi connectivity index (χ0n) is 11.4. The summed E-state index contributed by atoms with van der Waals surface area (Å²) in [4.78, 5) is 14.3. The summed E-state index contributed by atoms with van der Waals surface area (Å²) < 4.78 is 10.8. The lowest BCUT2D eigenvalue weighted by atomic mass is 10.1. The monoisotopic (exact) mass is 264 g/mol. The summed E-state index contributed by atoms with van der Waals surface area (Å²) >= 11 is 0. The van der Waals surface area contributed by atoms with E-state index < -0.39 is 0 Å². The Balaban J connectivity index is 2.21. The van der Waals surface area contributed by atoms with Gasteiger partial charge in [-0.25, -0.2) is 0 Å². The second kappa shape index (κ2) is 5.93. The van der Waals surface area contributed by atoms with E-state index in [0.717, 1.165) is 6.42 Å². The predicted octanol–water partition coefficient (Wildman–Crippen LogP) is 1.53. The number of benzene rings is 1. The minimum absolute atomic E-state index is 0.0501. The molecule has 2 rings (SSSR count). The molecule has 1 aromatic carbocycles. The molecular formula is C14H20N2O3. The van der Waals surface area contributed by atoms with Crippen molar-refractivity contribution in [1.29, 1.82) is 0 Å². The van der Waals surface area contributed by atoms with E-state index in [2.05, 4.69) is 6.92 Å². The largest absolute Gasteiger partial charge is 0.496 e. The number of carbonyl (C=O) groups is 1. The van der Waals surface area contributed by atoms with Gasteiger partial charge in [0.05, 0.1) is 25.4 Å². The van der Waals surface area contributed by atoms with Crippen LogP contribution in [0.2, 0.25) is 0 Å². The molecule has 1 fully saturated rings. The third-order valence-electron chi connectivity index (χ3n) is 3.34. The van der Waals surface area contributed by atoms with Gasteiger partial charge in [-0.3, -0.25) is 4.79 Å². The van der Waals surface area contributed by atoms with Crippen molar-refractivity contribution in [3.8, 4) is 5.75 Å². The van der Waals surface area contributed by atoms with Gasteiger partial charge in [0, 0.05) is 18.8 Å². The zero-order valence-corrected chi connectivity index (χ0v) is 11.4. The minimum atomic E-state index is -0.0501. The van der Waals surface area contributed by atoms with Crippen molar-refractivity contribution >= 4 is 11.6 Å². The Morgan fingerprint density at radius 3 is 3.05 bits per heavy atom. The molecular weight excluding hydrogens is 244 g/mol. The molecule has 1 aromatic rings. The fourth-order valence-electron chi connectivity index (χ4n) is 2.21. The van der Waals surface area contributed by atoms with E-state index in [0.29, 0.717) is 36.7 Å². The van der Waals surface area contributed by atoms with Gasteiger partial charge in [-0.15, -0.1) is 0 Å². The van der Waals surface area contributed by atoms with E-state index in [1.54, 1.807) is 30.2 Å². The molecule has 1 aliphatic rings. The minimum Gasteiger partial charge on any atom is -0.496 e. The number of nitrogens with two attached hydrogens (primary N) is 1. The van der Waals surface area contributed by atoms with Crippen molar-refractivity contribution < 1.29 is 14.3 Å². The van der Waals surface area contributed by atoms with E-state index >= 15 is 0 Å². The van der Waals surface area contributed by atoms with E-state index in [4.69, 9.17) is 15.2 Å². The number of hydrogen-bond acceptors (Lipinski definition) is 4. The molecule has 1 heterocycles. The molecule has 0 aliphatic carbocycles. The van der Waals surface area contributed by atoms with Crippen molar-refractivity contribution in [2.24, 2.45) is 0 Å². The van der Waals surface area contributed by atoms with Crippen molar-refractivity contribution in [3.63, 3.8) is 0 Å². The molecule has 1 aliphatic heterocycles. The lowest BCUT2D eigenvalue weighted by molar-refractivity contribution is -0.0227. The molecule has 2 N–H and O–H groups in total. The lowest BCUT2D eigenvalue weighted by Crippen LogP contribution is -2.45. The summed E-state index contributed by atoms with van der Waals surface area (Å²) in [5.41, 5.74) is 6.82. The molecule has 0 radical (unpaired) electrons. The highest BCUT2D eigenvalue weighted by atomic mass is 16.5. The van der Waals surface area contributed by atoms with E-state index in [9.17, 15) is 4.79 Å². The summed E-state index contributed by atoms with van der Waals surface area (Å²) in [5, 5.41) is 0. The van der Waals surface area contributed by atoms with Crippen LogP contribution in [-0.4, -0.2) is 43.7 Å². The van der Waals surface area contributed by atoms with Crippen LogP contribution in [0.3, 0.4) is 0 Å². The number of methoxy groups -OCH3 is 1. The molecule has 5 nitrogen and oxygen atoms in total. The number of carbonyl (C=O) groups excluding carboxylic acids is 1. The highest BCUT2D eigenvalue weighted by Crippen LogP contribution is 2.23. The number of anilines is 1. The van der Waals surface area contributed by atoms with Crippen molar-refractivity contribution in [3.05, 3.63) is 23.8 Å². The molecule has 0 aromatic heterocycles. The van der Waals surface area contributed by atoms with Crippen LogP contribution in [0.4, 0.5) is 5.69 Å². The maximum absolute atomic E-state index is 12.5. The van der Waals surface area contributed by atoms with Crippen LogP contribution in [0.1, 0.15) is 23.7 Å². The van der Waals surface area contributed by atoms with Crippen LogP contribution in [0.15, 0.2) is 18.2 Å². The van der Waals surface area contributed by atoms with Gasteiger partial charge < -0.3 is 20.1 Å². The summed E-state index contributed by atoms with van der Waals surface area (Å²) in [6.45, 7) is 3.86. The SMILES string of the molecule is CCC1CN(C(=O)c2cc(N)ccc2OC)CCO1.